The molecule has 0 saturated heterocycles. The van der Waals surface area contributed by atoms with Gasteiger partial charge in [0, 0.05) is 4.90 Å². The number of hydrogen-bond donors (Lipinski definition) is 0. The van der Waals surface area contributed by atoms with Crippen LogP contribution in [-0.4, -0.2) is 15.8 Å². The first kappa shape index (κ1) is 19.2. The molecule has 3 nitrogen and oxygen atoms in total. The van der Waals surface area contributed by atoms with E-state index in [-0.39, 0.29) is 5.56 Å². The Morgan fingerprint density at radius 2 is 1.66 bits per heavy atom. The van der Waals surface area contributed by atoms with Gasteiger partial charge in [0.1, 0.15) is 5.82 Å². The van der Waals surface area contributed by atoms with Crippen LogP contribution in [-0.2, 0) is 0 Å². The number of nitrogens with zero attached hydrogens (tertiary/aromatic N) is 2. The molecule has 0 aliphatic heterocycles. The fraction of sp³-hybridized carbons (Fsp3) is 0.120. The van der Waals surface area contributed by atoms with E-state index in [2.05, 4.69) is 44.4 Å². The summed E-state index contributed by atoms with van der Waals surface area (Å²) in [7, 11) is 0. The van der Waals surface area contributed by atoms with Gasteiger partial charge in [-0.15, -0.1) is 11.8 Å². The first-order valence-electron chi connectivity index (χ1n) is 9.48. The molecule has 0 radical (unpaired) electrons. The van der Waals surface area contributed by atoms with Crippen LogP contribution in [0.4, 0.5) is 0 Å². The number of aromatic nitrogens is 2. The van der Waals surface area contributed by atoms with Gasteiger partial charge in [0.25, 0.3) is 5.56 Å². The summed E-state index contributed by atoms with van der Waals surface area (Å²) in [6.07, 6.45) is 5.97. The molecule has 3 aromatic carbocycles. The summed E-state index contributed by atoms with van der Waals surface area (Å²) < 4.78 is 1.70. The smallest absolute Gasteiger partial charge is 0.266 e. The second-order valence-corrected chi connectivity index (χ2v) is 7.88. The molecule has 0 saturated carbocycles. The third kappa shape index (κ3) is 3.89. The van der Waals surface area contributed by atoms with Crippen LogP contribution in [0.5, 0.6) is 0 Å². The van der Waals surface area contributed by atoms with Gasteiger partial charge in [-0.25, -0.2) is 4.98 Å². The van der Waals surface area contributed by atoms with E-state index in [0.717, 1.165) is 16.8 Å². The van der Waals surface area contributed by atoms with Crippen LogP contribution in [0.1, 0.15) is 22.5 Å². The minimum absolute atomic E-state index is 0.0590. The lowest BCUT2D eigenvalue weighted by molar-refractivity contribution is 0.941. The first-order chi connectivity index (χ1) is 14.1. The summed E-state index contributed by atoms with van der Waals surface area (Å²) >= 11 is 1.72. The van der Waals surface area contributed by atoms with Gasteiger partial charge >= 0.3 is 0 Å². The van der Waals surface area contributed by atoms with Crippen molar-refractivity contribution >= 4 is 34.8 Å². The first-order valence-corrected chi connectivity index (χ1v) is 10.7. The number of fused-ring (bicyclic) bond motifs is 1. The number of para-hydroxylation sites is 1. The largest absolute Gasteiger partial charge is 0.268 e. The maximum absolute atomic E-state index is 13.3. The van der Waals surface area contributed by atoms with E-state index in [4.69, 9.17) is 4.98 Å². The van der Waals surface area contributed by atoms with Gasteiger partial charge < -0.3 is 0 Å². The molecule has 0 atom stereocenters. The second-order valence-electron chi connectivity index (χ2n) is 7.00. The van der Waals surface area contributed by atoms with Crippen LogP contribution in [0, 0.1) is 13.8 Å². The Labute approximate surface area is 174 Å². The van der Waals surface area contributed by atoms with Crippen molar-refractivity contribution in [3.8, 4) is 5.69 Å². The summed E-state index contributed by atoms with van der Waals surface area (Å²) in [4.78, 5) is 19.3. The standard InChI is InChI=1S/C25H22N2OS/c1-17-8-12-20(16-18(17)2)27-24(15-11-19-9-13-21(29-3)14-10-19)26-23-7-5-4-6-22(23)25(27)28/h4-16H,1-3H3. The number of aryl methyl sites for hydroxylation is 2. The van der Waals surface area contributed by atoms with Gasteiger partial charge in [-0.2, -0.15) is 0 Å². The Balaban J connectivity index is 1.90. The van der Waals surface area contributed by atoms with E-state index >= 15 is 0 Å². The van der Waals surface area contributed by atoms with E-state index in [1.54, 1.807) is 16.3 Å². The molecule has 0 spiro atoms. The Kier molecular flexibility index (Phi) is 5.36. The molecule has 0 aliphatic carbocycles. The van der Waals surface area contributed by atoms with Crippen molar-refractivity contribution < 1.29 is 0 Å². The Hall–Kier alpha value is -3.11. The number of benzene rings is 3. The van der Waals surface area contributed by atoms with Crippen LogP contribution >= 0.6 is 11.8 Å². The molecule has 29 heavy (non-hydrogen) atoms. The number of thioether (sulfide) groups is 1. The lowest BCUT2D eigenvalue weighted by Crippen LogP contribution is -2.22. The quantitative estimate of drug-likeness (QED) is 0.402. The van der Waals surface area contributed by atoms with Gasteiger partial charge in [0.05, 0.1) is 16.6 Å². The van der Waals surface area contributed by atoms with Gasteiger partial charge in [-0.3, -0.25) is 9.36 Å². The van der Waals surface area contributed by atoms with Crippen LogP contribution in [0.2, 0.25) is 0 Å². The fourth-order valence-electron chi connectivity index (χ4n) is 3.26. The molecule has 0 fully saturated rings. The zero-order valence-corrected chi connectivity index (χ0v) is 17.5. The van der Waals surface area contributed by atoms with Gasteiger partial charge in [-0.1, -0.05) is 36.4 Å². The van der Waals surface area contributed by atoms with Crippen molar-refractivity contribution in [1.82, 2.24) is 9.55 Å². The summed E-state index contributed by atoms with van der Waals surface area (Å²) in [6.45, 7) is 4.13. The molecule has 144 valence electrons. The van der Waals surface area contributed by atoms with Gasteiger partial charge in [0.15, 0.2) is 0 Å². The number of rotatable bonds is 4. The Bertz CT molecular complexity index is 1270. The van der Waals surface area contributed by atoms with Crippen molar-refractivity contribution in [3.63, 3.8) is 0 Å². The van der Waals surface area contributed by atoms with Crippen molar-refractivity contribution in [2.45, 2.75) is 18.7 Å². The van der Waals surface area contributed by atoms with Gasteiger partial charge in [-0.05, 0) is 79.3 Å². The Morgan fingerprint density at radius 1 is 0.897 bits per heavy atom. The lowest BCUT2D eigenvalue weighted by atomic mass is 10.1. The van der Waals surface area contributed by atoms with Gasteiger partial charge in [0.2, 0.25) is 0 Å². The monoisotopic (exact) mass is 398 g/mol. The topological polar surface area (TPSA) is 34.9 Å². The fourth-order valence-corrected chi connectivity index (χ4v) is 3.67. The third-order valence-electron chi connectivity index (χ3n) is 5.09. The van der Waals surface area contributed by atoms with Crippen LogP contribution in [0.25, 0.3) is 28.7 Å². The molecule has 0 amide bonds. The molecule has 0 aliphatic rings. The van der Waals surface area contributed by atoms with Crippen LogP contribution < -0.4 is 5.56 Å². The van der Waals surface area contributed by atoms with Crippen molar-refractivity contribution in [3.05, 3.63) is 99.6 Å². The summed E-state index contributed by atoms with van der Waals surface area (Å²) in [5, 5.41) is 0.618. The molecular formula is C25H22N2OS. The van der Waals surface area contributed by atoms with Crippen molar-refractivity contribution in [2.24, 2.45) is 0 Å². The third-order valence-corrected chi connectivity index (χ3v) is 5.83. The summed E-state index contributed by atoms with van der Waals surface area (Å²) in [5.41, 5.74) is 4.88. The van der Waals surface area contributed by atoms with E-state index in [9.17, 15) is 4.79 Å². The van der Waals surface area contributed by atoms with E-state index in [1.165, 1.54) is 10.5 Å². The summed E-state index contributed by atoms with van der Waals surface area (Å²) in [6, 6.07) is 21.9. The predicted octanol–water partition coefficient (Wildman–Crippen LogP) is 5.89. The van der Waals surface area contributed by atoms with Crippen LogP contribution in [0.15, 0.2) is 76.4 Å². The molecule has 4 aromatic rings. The molecule has 0 N–H and O–H groups in total. The molecule has 4 heteroatoms. The predicted molar refractivity (Wildman–Crippen MR) is 124 cm³/mol. The maximum Gasteiger partial charge on any atom is 0.266 e. The molecule has 1 aromatic heterocycles. The highest BCUT2D eigenvalue weighted by Crippen LogP contribution is 2.19. The maximum atomic E-state index is 13.3. The molecular weight excluding hydrogens is 376 g/mol. The SMILES string of the molecule is CSc1ccc(C=Cc2nc3ccccc3c(=O)n2-c2ccc(C)c(C)c2)cc1. The highest BCUT2D eigenvalue weighted by Gasteiger charge is 2.11. The molecule has 0 bridgehead atoms. The molecule has 1 heterocycles. The second kappa shape index (κ2) is 8.10. The normalized spacial score (nSPS) is 11.4. The average Bonchev–Trinajstić information content (AvgIpc) is 2.75. The van der Waals surface area contributed by atoms with E-state index in [1.807, 2.05) is 54.6 Å². The highest BCUT2D eigenvalue weighted by atomic mass is 32.2. The van der Waals surface area contributed by atoms with Crippen molar-refractivity contribution in [1.29, 1.82) is 0 Å². The zero-order chi connectivity index (χ0) is 20.4. The van der Waals surface area contributed by atoms with E-state index < -0.39 is 0 Å². The number of hydrogen-bond acceptors (Lipinski definition) is 3. The van der Waals surface area contributed by atoms with Crippen LogP contribution in [0.3, 0.4) is 0 Å². The average molecular weight is 399 g/mol. The molecule has 4 rings (SSSR count). The van der Waals surface area contributed by atoms with E-state index in [0.29, 0.717) is 16.7 Å². The van der Waals surface area contributed by atoms with Crippen molar-refractivity contribution in [2.75, 3.05) is 6.26 Å². The zero-order valence-electron chi connectivity index (χ0n) is 16.7. The minimum atomic E-state index is -0.0590. The Morgan fingerprint density at radius 3 is 2.38 bits per heavy atom. The summed E-state index contributed by atoms with van der Waals surface area (Å²) in [5.74, 6) is 0.617. The highest BCUT2D eigenvalue weighted by molar-refractivity contribution is 7.98. The lowest BCUT2D eigenvalue weighted by Gasteiger charge is -2.13. The molecule has 0 unspecified atom stereocenters. The minimum Gasteiger partial charge on any atom is -0.268 e.